The molecule has 0 radical (unpaired) electrons. The van der Waals surface area contributed by atoms with Gasteiger partial charge in [-0.25, -0.2) is 0 Å². The first kappa shape index (κ1) is 13.3. The molecule has 1 N–H and O–H groups in total. The van der Waals surface area contributed by atoms with Gasteiger partial charge < -0.3 is 19.5 Å². The van der Waals surface area contributed by atoms with Crippen molar-refractivity contribution in [1.82, 2.24) is 5.32 Å². The van der Waals surface area contributed by atoms with Gasteiger partial charge in [0.1, 0.15) is 17.5 Å². The highest BCUT2D eigenvalue weighted by molar-refractivity contribution is 8.26. The lowest BCUT2D eigenvalue weighted by Crippen LogP contribution is -2.17. The SMILES string of the molecule is COc1cc(/C=C2\SC(=S)NC2=O)cc2c1OCCO2. The Morgan fingerprint density at radius 3 is 2.90 bits per heavy atom. The molecule has 1 aromatic carbocycles. The van der Waals surface area contributed by atoms with Gasteiger partial charge in [0.05, 0.1) is 12.0 Å². The average Bonchev–Trinajstić information content (AvgIpc) is 2.76. The van der Waals surface area contributed by atoms with Crippen molar-refractivity contribution in [2.45, 2.75) is 0 Å². The van der Waals surface area contributed by atoms with Crippen molar-refractivity contribution in [2.75, 3.05) is 20.3 Å². The molecule has 0 unspecified atom stereocenters. The van der Waals surface area contributed by atoms with Crippen molar-refractivity contribution in [3.8, 4) is 17.2 Å². The quantitative estimate of drug-likeness (QED) is 0.666. The van der Waals surface area contributed by atoms with E-state index in [9.17, 15) is 4.79 Å². The monoisotopic (exact) mass is 309 g/mol. The normalized spacial score (nSPS) is 19.1. The van der Waals surface area contributed by atoms with Gasteiger partial charge in [-0.1, -0.05) is 24.0 Å². The number of carbonyl (C=O) groups is 1. The predicted octanol–water partition coefficient (Wildman–Crippen LogP) is 1.96. The highest BCUT2D eigenvalue weighted by Crippen LogP contribution is 2.41. The molecule has 7 heteroatoms. The Bertz CT molecular complexity index is 610. The summed E-state index contributed by atoms with van der Waals surface area (Å²) >= 11 is 6.19. The van der Waals surface area contributed by atoms with Gasteiger partial charge in [0.25, 0.3) is 5.91 Å². The van der Waals surface area contributed by atoms with Crippen molar-refractivity contribution >= 4 is 40.3 Å². The van der Waals surface area contributed by atoms with Crippen LogP contribution < -0.4 is 19.5 Å². The molecular weight excluding hydrogens is 298 g/mol. The Hall–Kier alpha value is -1.73. The fraction of sp³-hybridized carbons (Fsp3) is 0.231. The summed E-state index contributed by atoms with van der Waals surface area (Å²) in [6, 6.07) is 3.62. The Morgan fingerprint density at radius 1 is 1.40 bits per heavy atom. The van der Waals surface area contributed by atoms with Crippen LogP contribution in [0.25, 0.3) is 6.08 Å². The lowest BCUT2D eigenvalue weighted by molar-refractivity contribution is -0.115. The zero-order valence-corrected chi connectivity index (χ0v) is 12.2. The molecule has 2 aliphatic rings. The summed E-state index contributed by atoms with van der Waals surface area (Å²) in [5, 5.41) is 2.58. The third-order valence-corrected chi connectivity index (χ3v) is 3.95. The number of benzene rings is 1. The smallest absolute Gasteiger partial charge is 0.263 e. The van der Waals surface area contributed by atoms with E-state index in [1.807, 2.05) is 6.07 Å². The maximum atomic E-state index is 11.7. The fourth-order valence-corrected chi connectivity index (χ4v) is 2.99. The number of nitrogens with one attached hydrogen (secondary N) is 1. The lowest BCUT2D eigenvalue weighted by Gasteiger charge is -2.21. The zero-order valence-electron chi connectivity index (χ0n) is 10.6. The first-order valence-corrected chi connectivity index (χ1v) is 7.12. The summed E-state index contributed by atoms with van der Waals surface area (Å²) in [4.78, 5) is 12.2. The number of fused-ring (bicyclic) bond motifs is 1. The van der Waals surface area contributed by atoms with E-state index >= 15 is 0 Å². The van der Waals surface area contributed by atoms with Crippen LogP contribution >= 0.6 is 24.0 Å². The van der Waals surface area contributed by atoms with E-state index in [0.717, 1.165) is 5.56 Å². The predicted molar refractivity (Wildman–Crippen MR) is 80.3 cm³/mol. The van der Waals surface area contributed by atoms with Crippen molar-refractivity contribution in [3.63, 3.8) is 0 Å². The van der Waals surface area contributed by atoms with Gasteiger partial charge in [-0.05, 0) is 23.8 Å². The molecule has 0 aliphatic carbocycles. The summed E-state index contributed by atoms with van der Waals surface area (Å²) in [7, 11) is 1.57. The Morgan fingerprint density at radius 2 is 2.20 bits per heavy atom. The molecule has 0 atom stereocenters. The standard InChI is InChI=1S/C13H11NO4S2/c1-16-8-4-7(5-9-11(8)18-3-2-17-9)6-10-12(15)14-13(19)20-10/h4-6H,2-3H2,1H3,(H,14,15,19)/b10-6-. The van der Waals surface area contributed by atoms with Crippen LogP contribution in [0.5, 0.6) is 17.2 Å². The van der Waals surface area contributed by atoms with E-state index in [0.29, 0.717) is 39.7 Å². The molecular formula is C13H11NO4S2. The van der Waals surface area contributed by atoms with E-state index in [1.165, 1.54) is 11.8 Å². The van der Waals surface area contributed by atoms with Gasteiger partial charge >= 0.3 is 0 Å². The highest BCUT2D eigenvalue weighted by atomic mass is 32.2. The second-order valence-electron chi connectivity index (χ2n) is 4.10. The van der Waals surface area contributed by atoms with Gasteiger partial charge in [-0.2, -0.15) is 0 Å². The topological polar surface area (TPSA) is 56.8 Å². The molecule has 20 heavy (non-hydrogen) atoms. The van der Waals surface area contributed by atoms with E-state index < -0.39 is 0 Å². The summed E-state index contributed by atoms with van der Waals surface area (Å²) in [5.74, 6) is 1.61. The molecule has 0 bridgehead atoms. The van der Waals surface area contributed by atoms with Crippen molar-refractivity contribution in [3.05, 3.63) is 22.6 Å². The molecule has 104 valence electrons. The lowest BCUT2D eigenvalue weighted by atomic mass is 10.1. The minimum atomic E-state index is -0.186. The number of carbonyl (C=O) groups excluding carboxylic acids is 1. The third kappa shape index (κ3) is 2.46. The van der Waals surface area contributed by atoms with E-state index in [-0.39, 0.29) is 5.91 Å². The van der Waals surface area contributed by atoms with Crippen LogP contribution in [0, 0.1) is 0 Å². The summed E-state index contributed by atoms with van der Waals surface area (Å²) in [6.07, 6.45) is 1.75. The van der Waals surface area contributed by atoms with Gasteiger partial charge in [-0.3, -0.25) is 4.79 Å². The molecule has 1 aromatic rings. The van der Waals surface area contributed by atoms with Crippen molar-refractivity contribution < 1.29 is 19.0 Å². The Balaban J connectivity index is 2.00. The number of amides is 1. The highest BCUT2D eigenvalue weighted by Gasteiger charge is 2.23. The molecule has 1 saturated heterocycles. The van der Waals surface area contributed by atoms with E-state index in [4.69, 9.17) is 26.4 Å². The van der Waals surface area contributed by atoms with Crippen LogP contribution in [0.2, 0.25) is 0 Å². The van der Waals surface area contributed by atoms with Crippen LogP contribution in [0.4, 0.5) is 0 Å². The molecule has 0 spiro atoms. The fourth-order valence-electron chi connectivity index (χ4n) is 1.95. The molecule has 2 heterocycles. The van der Waals surface area contributed by atoms with Crippen molar-refractivity contribution in [2.24, 2.45) is 0 Å². The third-order valence-electron chi connectivity index (χ3n) is 2.79. The molecule has 2 aliphatic heterocycles. The first-order valence-electron chi connectivity index (χ1n) is 5.90. The van der Waals surface area contributed by atoms with Crippen molar-refractivity contribution in [1.29, 1.82) is 0 Å². The van der Waals surface area contributed by atoms with Gasteiger partial charge in [0.2, 0.25) is 5.75 Å². The summed E-state index contributed by atoms with van der Waals surface area (Å²) in [5.41, 5.74) is 0.799. The zero-order chi connectivity index (χ0) is 14.1. The van der Waals surface area contributed by atoms with Crippen LogP contribution in [-0.2, 0) is 4.79 Å². The number of thiocarbonyl (C=S) groups is 1. The molecule has 3 rings (SSSR count). The minimum Gasteiger partial charge on any atom is -0.493 e. The Kier molecular flexibility index (Phi) is 3.54. The van der Waals surface area contributed by atoms with E-state index in [1.54, 1.807) is 19.3 Å². The van der Waals surface area contributed by atoms with Crippen LogP contribution in [0.15, 0.2) is 17.0 Å². The summed E-state index contributed by atoms with van der Waals surface area (Å²) < 4.78 is 16.8. The molecule has 5 nitrogen and oxygen atoms in total. The van der Waals surface area contributed by atoms with Gasteiger partial charge in [-0.15, -0.1) is 0 Å². The number of rotatable bonds is 2. The Labute approximate surface area is 125 Å². The molecule has 1 amide bonds. The van der Waals surface area contributed by atoms with Gasteiger partial charge in [0.15, 0.2) is 11.5 Å². The average molecular weight is 309 g/mol. The maximum Gasteiger partial charge on any atom is 0.263 e. The minimum absolute atomic E-state index is 0.186. The van der Waals surface area contributed by atoms with Gasteiger partial charge in [0, 0.05) is 0 Å². The number of ether oxygens (including phenoxy) is 3. The largest absolute Gasteiger partial charge is 0.493 e. The number of methoxy groups -OCH3 is 1. The number of hydrogen-bond acceptors (Lipinski definition) is 6. The molecule has 0 saturated carbocycles. The van der Waals surface area contributed by atoms with Crippen LogP contribution in [0.3, 0.4) is 0 Å². The summed E-state index contributed by atoms with van der Waals surface area (Å²) in [6.45, 7) is 0.992. The van der Waals surface area contributed by atoms with E-state index in [2.05, 4.69) is 5.32 Å². The number of thioether (sulfide) groups is 1. The maximum absolute atomic E-state index is 11.7. The van der Waals surface area contributed by atoms with Crippen LogP contribution in [-0.4, -0.2) is 30.6 Å². The number of hydrogen-bond donors (Lipinski definition) is 1. The first-order chi connectivity index (χ1) is 9.67. The molecule has 1 fully saturated rings. The second kappa shape index (κ2) is 5.34. The van der Waals surface area contributed by atoms with Crippen LogP contribution in [0.1, 0.15) is 5.56 Å². The molecule has 0 aromatic heterocycles. The second-order valence-corrected chi connectivity index (χ2v) is 5.82.